The highest BCUT2D eigenvalue weighted by Crippen LogP contribution is 2.21. The number of amides is 1. The topological polar surface area (TPSA) is 100 Å². The lowest BCUT2D eigenvalue weighted by molar-refractivity contribution is 0.0706. The van der Waals surface area contributed by atoms with Gasteiger partial charge in [-0.3, -0.25) is 14.7 Å². The Labute approximate surface area is 173 Å². The normalized spacial score (nSPS) is 11.4. The minimum atomic E-state index is -3.63. The third kappa shape index (κ3) is 4.05. The van der Waals surface area contributed by atoms with Crippen LogP contribution < -0.4 is 10.2 Å². The van der Waals surface area contributed by atoms with Gasteiger partial charge >= 0.3 is 0 Å². The quantitative estimate of drug-likeness (QED) is 0.327. The number of nitrogens with one attached hydrogen (secondary N) is 2. The van der Waals surface area contributed by atoms with Crippen molar-refractivity contribution in [2.45, 2.75) is 11.4 Å². The summed E-state index contributed by atoms with van der Waals surface area (Å²) in [5, 5.41) is 9.81. The fraction of sp³-hybridized carbons (Fsp3) is 0.0455. The van der Waals surface area contributed by atoms with Crippen molar-refractivity contribution in [3.63, 3.8) is 0 Å². The first-order valence-electron chi connectivity index (χ1n) is 9.16. The Bertz CT molecular complexity index is 1300. The van der Waals surface area contributed by atoms with Crippen LogP contribution in [0.3, 0.4) is 0 Å². The second-order valence-electron chi connectivity index (χ2n) is 6.77. The number of hydroxylamine groups is 1. The summed E-state index contributed by atoms with van der Waals surface area (Å²) in [6.07, 6.45) is 1.91. The highest BCUT2D eigenvalue weighted by Gasteiger charge is 2.13. The molecule has 0 saturated carbocycles. The number of carbonyl (C=O) groups is 1. The van der Waals surface area contributed by atoms with Crippen LogP contribution in [0.1, 0.15) is 15.9 Å². The molecule has 0 aliphatic rings. The molecule has 3 aromatic carbocycles. The lowest BCUT2D eigenvalue weighted by Gasteiger charge is -2.10. The molecule has 0 atom stereocenters. The predicted octanol–water partition coefficient (Wildman–Crippen LogP) is 3.61. The van der Waals surface area contributed by atoms with Crippen molar-refractivity contribution in [1.29, 1.82) is 0 Å². The highest BCUT2D eigenvalue weighted by atomic mass is 32.2. The van der Waals surface area contributed by atoms with E-state index in [0.29, 0.717) is 17.8 Å². The molecule has 0 saturated heterocycles. The van der Waals surface area contributed by atoms with Crippen LogP contribution in [0, 0.1) is 0 Å². The van der Waals surface area contributed by atoms with Gasteiger partial charge in [0.1, 0.15) is 0 Å². The van der Waals surface area contributed by atoms with Crippen molar-refractivity contribution in [1.82, 2.24) is 10.0 Å². The first kappa shape index (κ1) is 19.7. The Kier molecular flexibility index (Phi) is 5.26. The molecule has 30 heavy (non-hydrogen) atoms. The summed E-state index contributed by atoms with van der Waals surface area (Å²) in [7, 11) is -3.63. The second kappa shape index (κ2) is 8.02. The highest BCUT2D eigenvalue weighted by molar-refractivity contribution is 7.92. The number of anilines is 1. The number of fused-ring (bicyclic) bond motifs is 1. The average Bonchev–Trinajstić information content (AvgIpc) is 3.17. The fourth-order valence-electron chi connectivity index (χ4n) is 3.22. The molecule has 4 aromatic rings. The van der Waals surface area contributed by atoms with Crippen molar-refractivity contribution in [2.75, 3.05) is 4.72 Å². The van der Waals surface area contributed by atoms with E-state index in [1.165, 1.54) is 0 Å². The van der Waals surface area contributed by atoms with Crippen LogP contribution in [0.2, 0.25) is 0 Å². The zero-order valence-electron chi connectivity index (χ0n) is 15.8. The van der Waals surface area contributed by atoms with Crippen molar-refractivity contribution >= 4 is 32.5 Å². The Balaban J connectivity index is 1.53. The Morgan fingerprint density at radius 2 is 1.67 bits per heavy atom. The molecule has 0 bridgehead atoms. The number of hydrogen-bond acceptors (Lipinski definition) is 4. The second-order valence-corrected chi connectivity index (χ2v) is 8.46. The molecule has 0 unspecified atom stereocenters. The first-order chi connectivity index (χ1) is 14.5. The van der Waals surface area contributed by atoms with Crippen LogP contribution in [0.15, 0.2) is 90.0 Å². The van der Waals surface area contributed by atoms with Crippen molar-refractivity contribution < 1.29 is 18.4 Å². The SMILES string of the molecule is O=C(NO)c1ccc2ccn(Cc3ccc(NS(=O)(=O)c4ccccc4)cc3)c2c1. The van der Waals surface area contributed by atoms with Crippen LogP contribution in [-0.2, 0) is 16.6 Å². The maximum atomic E-state index is 12.4. The van der Waals surface area contributed by atoms with Gasteiger partial charge in [0.2, 0.25) is 0 Å². The van der Waals surface area contributed by atoms with Gasteiger partial charge in [-0.15, -0.1) is 0 Å². The maximum Gasteiger partial charge on any atom is 0.274 e. The van der Waals surface area contributed by atoms with Gasteiger partial charge in [0.25, 0.3) is 15.9 Å². The van der Waals surface area contributed by atoms with Crippen molar-refractivity contribution in [3.8, 4) is 0 Å². The summed E-state index contributed by atoms with van der Waals surface area (Å²) < 4.78 is 29.4. The minimum Gasteiger partial charge on any atom is -0.343 e. The third-order valence-electron chi connectivity index (χ3n) is 4.75. The number of carbonyl (C=O) groups excluding carboxylic acids is 1. The molecule has 0 radical (unpaired) electrons. The molecule has 0 spiro atoms. The minimum absolute atomic E-state index is 0.204. The molecule has 0 fully saturated rings. The maximum absolute atomic E-state index is 12.4. The van der Waals surface area contributed by atoms with Gasteiger partial charge in [-0.1, -0.05) is 36.4 Å². The Hall–Kier alpha value is -3.62. The molecule has 0 aliphatic carbocycles. The van der Waals surface area contributed by atoms with Gasteiger partial charge in [-0.25, -0.2) is 13.9 Å². The van der Waals surface area contributed by atoms with Crippen LogP contribution in [0.5, 0.6) is 0 Å². The van der Waals surface area contributed by atoms with Gasteiger partial charge in [-0.2, -0.15) is 0 Å². The standard InChI is InChI=1S/C22H19N3O4S/c26-22(23-27)18-9-8-17-12-13-25(21(17)14-18)15-16-6-10-19(11-7-16)24-30(28,29)20-4-2-1-3-5-20/h1-14,24,27H,15H2,(H,23,26). The summed E-state index contributed by atoms with van der Waals surface area (Å²) in [4.78, 5) is 11.9. The van der Waals surface area contributed by atoms with E-state index in [0.717, 1.165) is 16.5 Å². The van der Waals surface area contributed by atoms with Crippen LogP contribution >= 0.6 is 0 Å². The molecule has 8 heteroatoms. The number of rotatable bonds is 6. The first-order valence-corrected chi connectivity index (χ1v) is 10.6. The lowest BCUT2D eigenvalue weighted by Crippen LogP contribution is -2.18. The molecule has 152 valence electrons. The predicted molar refractivity (Wildman–Crippen MR) is 114 cm³/mol. The van der Waals surface area contributed by atoms with E-state index in [4.69, 9.17) is 5.21 Å². The summed E-state index contributed by atoms with van der Waals surface area (Å²) >= 11 is 0. The van der Waals surface area contributed by atoms with E-state index in [-0.39, 0.29) is 4.90 Å². The number of hydrogen-bond donors (Lipinski definition) is 3. The van der Waals surface area contributed by atoms with Gasteiger partial charge in [-0.05, 0) is 53.4 Å². The van der Waals surface area contributed by atoms with E-state index in [1.807, 2.05) is 35.0 Å². The summed E-state index contributed by atoms with van der Waals surface area (Å²) in [5.74, 6) is -0.570. The summed E-state index contributed by atoms with van der Waals surface area (Å²) in [6, 6.07) is 22.4. The van der Waals surface area contributed by atoms with Gasteiger partial charge in [0.05, 0.1) is 4.90 Å². The third-order valence-corrected chi connectivity index (χ3v) is 6.15. The van der Waals surface area contributed by atoms with Crippen molar-refractivity contribution in [2.24, 2.45) is 0 Å². The fourth-order valence-corrected chi connectivity index (χ4v) is 4.30. The molecule has 1 amide bonds. The molecule has 1 heterocycles. The molecular formula is C22H19N3O4S. The smallest absolute Gasteiger partial charge is 0.274 e. The monoisotopic (exact) mass is 421 g/mol. The Morgan fingerprint density at radius 1 is 0.933 bits per heavy atom. The van der Waals surface area contributed by atoms with E-state index < -0.39 is 15.9 Å². The molecule has 4 rings (SSSR count). The molecular weight excluding hydrogens is 402 g/mol. The van der Waals surface area contributed by atoms with E-state index in [9.17, 15) is 13.2 Å². The number of nitrogens with zero attached hydrogens (tertiary/aromatic N) is 1. The average molecular weight is 421 g/mol. The summed E-state index contributed by atoms with van der Waals surface area (Å²) in [6.45, 7) is 0.541. The van der Waals surface area contributed by atoms with Gasteiger partial charge in [0, 0.05) is 29.5 Å². The molecule has 7 nitrogen and oxygen atoms in total. The Morgan fingerprint density at radius 3 is 2.37 bits per heavy atom. The summed E-state index contributed by atoms with van der Waals surface area (Å²) in [5.41, 5.74) is 4.29. The number of aromatic nitrogens is 1. The van der Waals surface area contributed by atoms with Crippen LogP contribution in [0.25, 0.3) is 10.9 Å². The largest absolute Gasteiger partial charge is 0.343 e. The van der Waals surface area contributed by atoms with E-state index >= 15 is 0 Å². The molecule has 1 aromatic heterocycles. The lowest BCUT2D eigenvalue weighted by atomic mass is 10.1. The van der Waals surface area contributed by atoms with Crippen LogP contribution in [-0.4, -0.2) is 24.1 Å². The van der Waals surface area contributed by atoms with Gasteiger partial charge < -0.3 is 4.57 Å². The van der Waals surface area contributed by atoms with Gasteiger partial charge in [0.15, 0.2) is 0 Å². The number of benzene rings is 3. The van der Waals surface area contributed by atoms with E-state index in [1.54, 1.807) is 60.1 Å². The van der Waals surface area contributed by atoms with Crippen molar-refractivity contribution in [3.05, 3.63) is 96.2 Å². The molecule has 3 N–H and O–H groups in total. The number of sulfonamides is 1. The van der Waals surface area contributed by atoms with Crippen LogP contribution in [0.4, 0.5) is 5.69 Å². The van der Waals surface area contributed by atoms with E-state index in [2.05, 4.69) is 4.72 Å². The zero-order chi connectivity index (χ0) is 21.1. The zero-order valence-corrected chi connectivity index (χ0v) is 16.6. The molecule has 0 aliphatic heterocycles.